The molecule has 0 saturated carbocycles. The molecule has 2 unspecified atom stereocenters. The first kappa shape index (κ1) is 29.9. The fourth-order valence-corrected chi connectivity index (χ4v) is 5.13. The first-order valence-corrected chi connectivity index (χ1v) is 15.2. The van der Waals surface area contributed by atoms with Gasteiger partial charge in [0, 0.05) is 12.2 Å². The van der Waals surface area contributed by atoms with Gasteiger partial charge in [0.1, 0.15) is 0 Å². The Morgan fingerprint density at radius 3 is 1.55 bits per heavy atom. The summed E-state index contributed by atoms with van der Waals surface area (Å²) in [7, 11) is 0. The van der Waals surface area contributed by atoms with Gasteiger partial charge in [0.15, 0.2) is 0 Å². The van der Waals surface area contributed by atoms with Crippen LogP contribution >= 0.6 is 0 Å². The van der Waals surface area contributed by atoms with Crippen LogP contribution in [0.1, 0.15) is 113 Å². The molecule has 0 aliphatic carbocycles. The predicted molar refractivity (Wildman–Crippen MR) is 166 cm³/mol. The van der Waals surface area contributed by atoms with Crippen molar-refractivity contribution in [3.05, 3.63) is 101 Å². The summed E-state index contributed by atoms with van der Waals surface area (Å²) in [5.41, 5.74) is 6.58. The van der Waals surface area contributed by atoms with E-state index in [4.69, 9.17) is 0 Å². The third-order valence-electron chi connectivity index (χ3n) is 7.34. The molecule has 0 aliphatic heterocycles. The largest absolute Gasteiger partial charge is 0.385 e. The summed E-state index contributed by atoms with van der Waals surface area (Å²) in [5.74, 6) is 0. The Morgan fingerprint density at radius 2 is 1.00 bits per heavy atom. The van der Waals surface area contributed by atoms with E-state index in [0.29, 0.717) is 0 Å². The van der Waals surface area contributed by atoms with Gasteiger partial charge in [0.05, 0.1) is 12.1 Å². The van der Waals surface area contributed by atoms with Crippen LogP contribution in [0.4, 0.5) is 5.69 Å². The second-order valence-electron chi connectivity index (χ2n) is 10.5. The van der Waals surface area contributed by atoms with Crippen LogP contribution in [0.5, 0.6) is 0 Å². The molecule has 3 heteroatoms. The third kappa shape index (κ3) is 9.60. The van der Waals surface area contributed by atoms with Crippen LogP contribution < -0.4 is 16.0 Å². The van der Waals surface area contributed by atoms with Gasteiger partial charge in [-0.2, -0.15) is 0 Å². The molecule has 0 spiro atoms. The lowest BCUT2D eigenvalue weighted by atomic mass is 9.91. The number of hydrogen-bond donors (Lipinski definition) is 3. The molecule has 0 fully saturated rings. The standard InChI is InChI=1S/C35H51N3/c1-4-7-16-25-36-33-24-23-31(34(37-26-17-8-5-2)29-19-12-10-13-20-29)28-32(33)35(38-27-18-9-6-3)30-21-14-11-15-22-30/h10-15,19-24,28,34-38H,4-9,16-18,25-27H2,1-3H3. The molecule has 0 aliphatic rings. The zero-order valence-corrected chi connectivity index (χ0v) is 24.1. The molecule has 3 aromatic carbocycles. The Kier molecular flexibility index (Phi) is 14.0. The van der Waals surface area contributed by atoms with Crippen molar-refractivity contribution in [3.8, 4) is 0 Å². The van der Waals surface area contributed by atoms with Crippen LogP contribution in [0.3, 0.4) is 0 Å². The van der Waals surface area contributed by atoms with E-state index in [1.165, 1.54) is 85.7 Å². The highest BCUT2D eigenvalue weighted by Crippen LogP contribution is 2.33. The monoisotopic (exact) mass is 513 g/mol. The number of benzene rings is 3. The molecule has 2 atom stereocenters. The first-order valence-electron chi connectivity index (χ1n) is 15.2. The Morgan fingerprint density at radius 1 is 0.500 bits per heavy atom. The van der Waals surface area contributed by atoms with Gasteiger partial charge in [-0.25, -0.2) is 0 Å². The summed E-state index contributed by atoms with van der Waals surface area (Å²) >= 11 is 0. The minimum Gasteiger partial charge on any atom is -0.385 e. The quantitative estimate of drug-likeness (QED) is 0.140. The number of hydrogen-bond acceptors (Lipinski definition) is 3. The van der Waals surface area contributed by atoms with Crippen LogP contribution in [-0.4, -0.2) is 19.6 Å². The van der Waals surface area contributed by atoms with Crippen molar-refractivity contribution in [1.82, 2.24) is 10.6 Å². The lowest BCUT2D eigenvalue weighted by Crippen LogP contribution is -2.26. The molecule has 0 aromatic heterocycles. The van der Waals surface area contributed by atoms with Crippen LogP contribution in [-0.2, 0) is 0 Å². The minimum atomic E-state index is 0.151. The molecule has 0 bridgehead atoms. The SMILES string of the molecule is CCCCCNc1ccc(C(NCCCCC)c2ccccc2)cc1C(NCCCCC)c1ccccc1. The van der Waals surface area contributed by atoms with Crippen LogP contribution in [0.25, 0.3) is 0 Å². The van der Waals surface area contributed by atoms with Crippen molar-refractivity contribution in [1.29, 1.82) is 0 Å². The van der Waals surface area contributed by atoms with E-state index in [9.17, 15) is 0 Å². The number of nitrogens with one attached hydrogen (secondary N) is 3. The van der Waals surface area contributed by atoms with E-state index in [-0.39, 0.29) is 12.1 Å². The number of anilines is 1. The Balaban J connectivity index is 2.00. The Bertz CT molecular complexity index is 1000. The van der Waals surface area contributed by atoms with E-state index >= 15 is 0 Å². The van der Waals surface area contributed by atoms with Gasteiger partial charge in [-0.15, -0.1) is 0 Å². The molecule has 0 radical (unpaired) electrons. The summed E-state index contributed by atoms with van der Waals surface area (Å²) in [6, 6.07) is 29.3. The van der Waals surface area contributed by atoms with Crippen LogP contribution in [0.15, 0.2) is 78.9 Å². The average Bonchev–Trinajstić information content (AvgIpc) is 2.97. The van der Waals surface area contributed by atoms with Gasteiger partial charge >= 0.3 is 0 Å². The van der Waals surface area contributed by atoms with Crippen LogP contribution in [0, 0.1) is 0 Å². The number of unbranched alkanes of at least 4 members (excludes halogenated alkanes) is 6. The van der Waals surface area contributed by atoms with Crippen molar-refractivity contribution in [3.63, 3.8) is 0 Å². The highest BCUT2D eigenvalue weighted by molar-refractivity contribution is 5.57. The first-order chi connectivity index (χ1) is 18.8. The Hall–Kier alpha value is -2.62. The zero-order valence-electron chi connectivity index (χ0n) is 24.1. The van der Waals surface area contributed by atoms with Gasteiger partial charge in [-0.1, -0.05) is 126 Å². The van der Waals surface area contributed by atoms with E-state index in [2.05, 4.69) is 116 Å². The lowest BCUT2D eigenvalue weighted by molar-refractivity contribution is 0.557. The van der Waals surface area contributed by atoms with E-state index in [0.717, 1.165) is 19.6 Å². The predicted octanol–water partition coefficient (Wildman–Crippen LogP) is 9.03. The van der Waals surface area contributed by atoms with Crippen molar-refractivity contribution < 1.29 is 0 Å². The normalized spacial score (nSPS) is 12.8. The van der Waals surface area contributed by atoms with Gasteiger partial charge in [0.2, 0.25) is 0 Å². The molecule has 3 aromatic rings. The second-order valence-corrected chi connectivity index (χ2v) is 10.5. The summed E-state index contributed by atoms with van der Waals surface area (Å²) < 4.78 is 0. The maximum Gasteiger partial charge on any atom is 0.0597 e. The zero-order chi connectivity index (χ0) is 26.8. The highest BCUT2D eigenvalue weighted by Gasteiger charge is 2.21. The summed E-state index contributed by atoms with van der Waals surface area (Å²) in [4.78, 5) is 0. The molecular formula is C35H51N3. The van der Waals surface area contributed by atoms with Crippen molar-refractivity contribution in [2.75, 3.05) is 25.0 Å². The van der Waals surface area contributed by atoms with Gasteiger partial charge in [0.25, 0.3) is 0 Å². The topological polar surface area (TPSA) is 36.1 Å². The maximum absolute atomic E-state index is 3.93. The third-order valence-corrected chi connectivity index (χ3v) is 7.34. The maximum atomic E-state index is 3.93. The fraction of sp³-hybridized carbons (Fsp3) is 0.486. The second kappa shape index (κ2) is 17.8. The molecule has 0 amide bonds. The molecule has 0 saturated heterocycles. The van der Waals surface area contributed by atoms with E-state index in [1.54, 1.807) is 0 Å². The average molecular weight is 514 g/mol. The molecule has 3 nitrogen and oxygen atoms in total. The number of rotatable bonds is 19. The fourth-order valence-electron chi connectivity index (χ4n) is 5.13. The van der Waals surface area contributed by atoms with Crippen molar-refractivity contribution in [2.45, 2.75) is 90.6 Å². The lowest BCUT2D eigenvalue weighted by Gasteiger charge is -2.27. The summed E-state index contributed by atoms with van der Waals surface area (Å²) in [6.45, 7) is 9.86. The van der Waals surface area contributed by atoms with E-state index < -0.39 is 0 Å². The summed E-state index contributed by atoms with van der Waals surface area (Å²) in [6.07, 6.45) is 11.1. The van der Waals surface area contributed by atoms with Gasteiger partial charge in [-0.3, -0.25) is 0 Å². The molecule has 3 rings (SSSR count). The van der Waals surface area contributed by atoms with Crippen LogP contribution in [0.2, 0.25) is 0 Å². The van der Waals surface area contributed by atoms with E-state index in [1.807, 2.05) is 0 Å². The summed E-state index contributed by atoms with van der Waals surface area (Å²) in [5, 5.41) is 11.6. The molecule has 206 valence electrons. The van der Waals surface area contributed by atoms with Gasteiger partial charge < -0.3 is 16.0 Å². The minimum absolute atomic E-state index is 0.151. The Labute approximate surface area is 232 Å². The van der Waals surface area contributed by atoms with Crippen molar-refractivity contribution >= 4 is 5.69 Å². The smallest absolute Gasteiger partial charge is 0.0597 e. The molecule has 0 heterocycles. The molecule has 38 heavy (non-hydrogen) atoms. The molecule has 3 N–H and O–H groups in total. The van der Waals surface area contributed by atoms with Crippen molar-refractivity contribution in [2.24, 2.45) is 0 Å². The highest BCUT2D eigenvalue weighted by atomic mass is 14.9. The van der Waals surface area contributed by atoms with Gasteiger partial charge in [-0.05, 0) is 66.7 Å². The molecular weight excluding hydrogens is 462 g/mol.